The topological polar surface area (TPSA) is 20.2 Å². The molecule has 1 atom stereocenters. The van der Waals surface area contributed by atoms with E-state index in [-0.39, 0.29) is 6.10 Å². The van der Waals surface area contributed by atoms with Crippen molar-refractivity contribution in [1.29, 1.82) is 0 Å². The lowest BCUT2D eigenvalue weighted by Gasteiger charge is -2.10. The summed E-state index contributed by atoms with van der Waals surface area (Å²) in [4.78, 5) is 1.23. The lowest BCUT2D eigenvalue weighted by molar-refractivity contribution is 0.196. The number of aliphatic hydroxyl groups excluding tert-OH is 1. The molecule has 0 spiro atoms. The number of unbranched alkanes of at least 4 members (excludes halogenated alkanes) is 2. The van der Waals surface area contributed by atoms with E-state index in [1.54, 1.807) is 0 Å². The summed E-state index contributed by atoms with van der Waals surface area (Å²) in [6.45, 7) is 4.04. The second-order valence-electron chi connectivity index (χ2n) is 3.77. The van der Waals surface area contributed by atoms with Gasteiger partial charge in [-0.2, -0.15) is 0 Å². The molecule has 0 aliphatic rings. The zero-order valence-electron chi connectivity index (χ0n) is 9.57. The van der Waals surface area contributed by atoms with Crippen molar-refractivity contribution in [2.24, 2.45) is 0 Å². The van der Waals surface area contributed by atoms with Crippen molar-refractivity contribution in [3.05, 3.63) is 29.8 Å². The SMILES string of the molecule is CCCCCSc1ccccc1[C@@H](C)O. The van der Waals surface area contributed by atoms with Crippen molar-refractivity contribution in [1.82, 2.24) is 0 Å². The molecule has 1 nitrogen and oxygen atoms in total. The average Bonchev–Trinajstić information content (AvgIpc) is 2.25. The van der Waals surface area contributed by atoms with Crippen LogP contribution in [0.2, 0.25) is 0 Å². The van der Waals surface area contributed by atoms with E-state index < -0.39 is 0 Å². The third kappa shape index (κ3) is 4.27. The minimum absolute atomic E-state index is 0.361. The Morgan fingerprint density at radius 1 is 1.27 bits per heavy atom. The van der Waals surface area contributed by atoms with Gasteiger partial charge in [-0.05, 0) is 30.7 Å². The molecule has 0 fully saturated rings. The first-order chi connectivity index (χ1) is 7.25. The summed E-state index contributed by atoms with van der Waals surface area (Å²) in [7, 11) is 0. The Morgan fingerprint density at radius 3 is 2.67 bits per heavy atom. The van der Waals surface area contributed by atoms with Gasteiger partial charge in [0.1, 0.15) is 0 Å². The van der Waals surface area contributed by atoms with Gasteiger partial charge >= 0.3 is 0 Å². The van der Waals surface area contributed by atoms with Gasteiger partial charge in [-0.25, -0.2) is 0 Å². The molecular formula is C13H20OS. The van der Waals surface area contributed by atoms with E-state index in [9.17, 15) is 5.11 Å². The molecule has 0 aliphatic carbocycles. The Bertz CT molecular complexity index is 284. The van der Waals surface area contributed by atoms with Gasteiger partial charge in [0.2, 0.25) is 0 Å². The van der Waals surface area contributed by atoms with Gasteiger partial charge in [-0.3, -0.25) is 0 Å². The summed E-state index contributed by atoms with van der Waals surface area (Å²) < 4.78 is 0. The van der Waals surface area contributed by atoms with Gasteiger partial charge < -0.3 is 5.11 Å². The van der Waals surface area contributed by atoms with Crippen molar-refractivity contribution in [2.45, 2.75) is 44.1 Å². The maximum Gasteiger partial charge on any atom is 0.0772 e. The standard InChI is InChI=1S/C13H20OS/c1-3-4-7-10-15-13-9-6-5-8-12(13)11(2)14/h5-6,8-9,11,14H,3-4,7,10H2,1-2H3/t11-/m1/s1. The first kappa shape index (κ1) is 12.6. The van der Waals surface area contributed by atoms with Crippen LogP contribution in [0.4, 0.5) is 0 Å². The normalized spacial score (nSPS) is 12.7. The fourth-order valence-electron chi connectivity index (χ4n) is 1.49. The second kappa shape index (κ2) is 6.91. The van der Waals surface area contributed by atoms with Crippen LogP contribution in [0.3, 0.4) is 0 Å². The summed E-state index contributed by atoms with van der Waals surface area (Å²) in [5, 5.41) is 9.59. The van der Waals surface area contributed by atoms with Gasteiger partial charge in [-0.1, -0.05) is 38.0 Å². The first-order valence-corrected chi connectivity index (χ1v) is 6.64. The van der Waals surface area contributed by atoms with Crippen molar-refractivity contribution >= 4 is 11.8 Å². The molecule has 0 amide bonds. The molecule has 1 N–H and O–H groups in total. The summed E-state index contributed by atoms with van der Waals surface area (Å²) in [6.07, 6.45) is 3.46. The maximum absolute atomic E-state index is 9.59. The molecule has 1 aromatic rings. The number of hydrogen-bond donors (Lipinski definition) is 1. The fraction of sp³-hybridized carbons (Fsp3) is 0.538. The highest BCUT2D eigenvalue weighted by Crippen LogP contribution is 2.27. The van der Waals surface area contributed by atoms with Crippen molar-refractivity contribution in [3.63, 3.8) is 0 Å². The van der Waals surface area contributed by atoms with E-state index in [4.69, 9.17) is 0 Å². The third-order valence-corrected chi connectivity index (χ3v) is 3.55. The predicted octanol–water partition coefficient (Wildman–Crippen LogP) is 4.02. The molecule has 0 saturated carbocycles. The Balaban J connectivity index is 2.52. The number of aliphatic hydroxyl groups is 1. The molecule has 0 saturated heterocycles. The molecule has 1 aromatic carbocycles. The van der Waals surface area contributed by atoms with Gasteiger partial charge in [0.15, 0.2) is 0 Å². The summed E-state index contributed by atoms with van der Waals surface area (Å²) >= 11 is 1.86. The monoisotopic (exact) mass is 224 g/mol. The minimum atomic E-state index is -0.361. The summed E-state index contributed by atoms with van der Waals surface area (Å²) in [5.74, 6) is 1.15. The minimum Gasteiger partial charge on any atom is -0.389 e. The van der Waals surface area contributed by atoms with Crippen LogP contribution in [0, 0.1) is 0 Å². The van der Waals surface area contributed by atoms with Crippen LogP contribution in [-0.2, 0) is 0 Å². The van der Waals surface area contributed by atoms with Crippen molar-refractivity contribution in [3.8, 4) is 0 Å². The Labute approximate surface area is 96.9 Å². The maximum atomic E-state index is 9.59. The molecule has 1 rings (SSSR count). The zero-order chi connectivity index (χ0) is 11.1. The number of rotatable bonds is 6. The molecule has 0 aliphatic heterocycles. The molecule has 0 radical (unpaired) electrons. The van der Waals surface area contributed by atoms with E-state index in [2.05, 4.69) is 13.0 Å². The average molecular weight is 224 g/mol. The molecule has 84 valence electrons. The lowest BCUT2D eigenvalue weighted by Crippen LogP contribution is -1.94. The van der Waals surface area contributed by atoms with E-state index in [1.807, 2.05) is 36.9 Å². The largest absolute Gasteiger partial charge is 0.389 e. The van der Waals surface area contributed by atoms with Crippen LogP contribution in [-0.4, -0.2) is 10.9 Å². The second-order valence-corrected chi connectivity index (χ2v) is 4.91. The van der Waals surface area contributed by atoms with Crippen molar-refractivity contribution < 1.29 is 5.11 Å². The fourth-order valence-corrected chi connectivity index (χ4v) is 2.64. The molecule has 0 aromatic heterocycles. The third-order valence-electron chi connectivity index (χ3n) is 2.37. The van der Waals surface area contributed by atoms with Crippen LogP contribution in [0.25, 0.3) is 0 Å². The molecular weight excluding hydrogens is 204 g/mol. The molecule has 0 heterocycles. The predicted molar refractivity (Wildman–Crippen MR) is 67.3 cm³/mol. The number of thioether (sulfide) groups is 1. The highest BCUT2D eigenvalue weighted by atomic mass is 32.2. The van der Waals surface area contributed by atoms with Crippen molar-refractivity contribution in [2.75, 3.05) is 5.75 Å². The Hall–Kier alpha value is -0.470. The van der Waals surface area contributed by atoms with Crippen LogP contribution in [0.5, 0.6) is 0 Å². The van der Waals surface area contributed by atoms with Crippen LogP contribution in [0.1, 0.15) is 44.8 Å². The molecule has 0 unspecified atom stereocenters. The Morgan fingerprint density at radius 2 is 2.00 bits per heavy atom. The van der Waals surface area contributed by atoms with E-state index in [0.717, 1.165) is 11.3 Å². The smallest absolute Gasteiger partial charge is 0.0772 e. The Kier molecular flexibility index (Phi) is 5.81. The lowest BCUT2D eigenvalue weighted by atomic mass is 10.1. The van der Waals surface area contributed by atoms with Crippen LogP contribution >= 0.6 is 11.8 Å². The molecule has 0 bridgehead atoms. The quantitative estimate of drug-likeness (QED) is 0.581. The zero-order valence-corrected chi connectivity index (χ0v) is 10.4. The molecule has 15 heavy (non-hydrogen) atoms. The van der Waals surface area contributed by atoms with E-state index >= 15 is 0 Å². The number of hydrogen-bond acceptors (Lipinski definition) is 2. The van der Waals surface area contributed by atoms with Crippen LogP contribution in [0.15, 0.2) is 29.2 Å². The van der Waals surface area contributed by atoms with E-state index in [1.165, 1.54) is 24.2 Å². The van der Waals surface area contributed by atoms with Gasteiger partial charge in [0.25, 0.3) is 0 Å². The van der Waals surface area contributed by atoms with Gasteiger partial charge in [0.05, 0.1) is 6.10 Å². The van der Waals surface area contributed by atoms with Gasteiger partial charge in [0, 0.05) is 4.90 Å². The summed E-state index contributed by atoms with van der Waals surface area (Å²) in [6, 6.07) is 8.12. The highest BCUT2D eigenvalue weighted by Gasteiger charge is 2.06. The van der Waals surface area contributed by atoms with Gasteiger partial charge in [-0.15, -0.1) is 11.8 Å². The van der Waals surface area contributed by atoms with E-state index in [0.29, 0.717) is 0 Å². The van der Waals surface area contributed by atoms with Crippen LogP contribution < -0.4 is 0 Å². The molecule has 2 heteroatoms. The summed E-state index contributed by atoms with van der Waals surface area (Å²) in [5.41, 5.74) is 1.05. The highest BCUT2D eigenvalue weighted by molar-refractivity contribution is 7.99. The number of benzene rings is 1. The first-order valence-electron chi connectivity index (χ1n) is 5.65.